The molecule has 12 heteroatoms. The number of nitrogens with zero attached hydrogens (tertiary/aromatic N) is 1. The number of benzene rings is 3. The number of amides is 1. The van der Waals surface area contributed by atoms with Crippen molar-refractivity contribution in [1.29, 1.82) is 0 Å². The summed E-state index contributed by atoms with van der Waals surface area (Å²) < 4.78 is 55.0. The minimum atomic E-state index is -3.89. The van der Waals surface area contributed by atoms with E-state index in [2.05, 4.69) is 10.0 Å². The first-order valence-electron chi connectivity index (χ1n) is 11.0. The van der Waals surface area contributed by atoms with Gasteiger partial charge in [0.1, 0.15) is 0 Å². The third-order valence-corrected chi connectivity index (χ3v) is 9.76. The highest BCUT2D eigenvalue weighted by molar-refractivity contribution is 7.92. The second-order valence-electron chi connectivity index (χ2n) is 8.30. The molecule has 0 spiro atoms. The van der Waals surface area contributed by atoms with E-state index >= 15 is 0 Å². The Morgan fingerprint density at radius 3 is 2.06 bits per heavy atom. The SMILES string of the molecule is Cc1ccc(NS(=O)(=O)c2ccc(NC(=O)c3cc(S(=O)(=O)N4CCCC4)ccc3Cl)cc2)cc1Cl. The molecule has 0 saturated carbocycles. The van der Waals surface area contributed by atoms with Gasteiger partial charge in [-0.15, -0.1) is 0 Å². The van der Waals surface area contributed by atoms with Gasteiger partial charge in [-0.25, -0.2) is 16.8 Å². The molecule has 0 bridgehead atoms. The van der Waals surface area contributed by atoms with Gasteiger partial charge in [-0.3, -0.25) is 9.52 Å². The zero-order chi connectivity index (χ0) is 26.1. The van der Waals surface area contributed by atoms with Gasteiger partial charge in [-0.2, -0.15) is 4.31 Å². The molecule has 1 saturated heterocycles. The maximum Gasteiger partial charge on any atom is 0.261 e. The van der Waals surface area contributed by atoms with Crippen molar-refractivity contribution in [3.63, 3.8) is 0 Å². The largest absolute Gasteiger partial charge is 0.322 e. The normalized spacial score (nSPS) is 14.5. The predicted octanol–water partition coefficient (Wildman–Crippen LogP) is 5.14. The first-order chi connectivity index (χ1) is 17.0. The number of sulfonamides is 2. The maximum absolute atomic E-state index is 12.9. The molecule has 4 rings (SSSR count). The Balaban J connectivity index is 1.50. The quantitative estimate of drug-likeness (QED) is 0.410. The van der Waals surface area contributed by atoms with Gasteiger partial charge in [0, 0.05) is 23.8 Å². The molecule has 0 atom stereocenters. The van der Waals surface area contributed by atoms with Crippen molar-refractivity contribution in [1.82, 2.24) is 4.31 Å². The van der Waals surface area contributed by atoms with Gasteiger partial charge in [0.05, 0.1) is 26.1 Å². The zero-order valence-corrected chi connectivity index (χ0v) is 22.3. The van der Waals surface area contributed by atoms with Gasteiger partial charge in [0.15, 0.2) is 0 Å². The fraction of sp³-hybridized carbons (Fsp3) is 0.208. The molecule has 1 amide bonds. The summed E-state index contributed by atoms with van der Waals surface area (Å²) in [6.07, 6.45) is 1.58. The average molecular weight is 569 g/mol. The Hall–Kier alpha value is -2.63. The minimum Gasteiger partial charge on any atom is -0.322 e. The van der Waals surface area contributed by atoms with Crippen LogP contribution in [0.1, 0.15) is 28.8 Å². The number of carbonyl (C=O) groups excluding carboxylic acids is 1. The smallest absolute Gasteiger partial charge is 0.261 e. The molecule has 3 aromatic rings. The van der Waals surface area contributed by atoms with Crippen LogP contribution in [0, 0.1) is 6.92 Å². The number of halogens is 2. The first-order valence-corrected chi connectivity index (χ1v) is 14.7. The van der Waals surface area contributed by atoms with E-state index < -0.39 is 26.0 Å². The van der Waals surface area contributed by atoms with Crippen LogP contribution in [0.3, 0.4) is 0 Å². The average Bonchev–Trinajstić information content (AvgIpc) is 3.38. The lowest BCUT2D eigenvalue weighted by molar-refractivity contribution is 0.102. The Morgan fingerprint density at radius 2 is 1.42 bits per heavy atom. The third-order valence-electron chi connectivity index (χ3n) is 5.73. The fourth-order valence-electron chi connectivity index (χ4n) is 3.70. The predicted molar refractivity (Wildman–Crippen MR) is 141 cm³/mol. The van der Waals surface area contributed by atoms with E-state index in [0.29, 0.717) is 29.5 Å². The van der Waals surface area contributed by atoms with Crippen molar-refractivity contribution in [2.24, 2.45) is 0 Å². The van der Waals surface area contributed by atoms with Crippen molar-refractivity contribution in [2.45, 2.75) is 29.6 Å². The van der Waals surface area contributed by atoms with E-state index in [-0.39, 0.29) is 20.4 Å². The van der Waals surface area contributed by atoms with Crippen molar-refractivity contribution in [3.05, 3.63) is 81.8 Å². The molecule has 3 aromatic carbocycles. The molecule has 0 unspecified atom stereocenters. The Bertz CT molecular complexity index is 1520. The van der Waals surface area contributed by atoms with Crippen molar-refractivity contribution < 1.29 is 21.6 Å². The summed E-state index contributed by atoms with van der Waals surface area (Å²) in [5.74, 6) is -0.624. The second kappa shape index (κ2) is 10.4. The van der Waals surface area contributed by atoms with Crippen LogP contribution in [0.25, 0.3) is 0 Å². The minimum absolute atomic E-state index is 0.00782. The molecule has 2 N–H and O–H groups in total. The summed E-state index contributed by atoms with van der Waals surface area (Å²) in [6.45, 7) is 2.69. The summed E-state index contributed by atoms with van der Waals surface area (Å²) in [5, 5.41) is 3.15. The van der Waals surface area contributed by atoms with E-state index in [9.17, 15) is 21.6 Å². The Labute approximate surface area is 220 Å². The van der Waals surface area contributed by atoms with Crippen LogP contribution in [0.2, 0.25) is 10.0 Å². The molecule has 1 heterocycles. The van der Waals surface area contributed by atoms with Crippen LogP contribution in [0.4, 0.5) is 11.4 Å². The molecule has 0 aromatic heterocycles. The van der Waals surface area contributed by atoms with Crippen LogP contribution < -0.4 is 10.0 Å². The maximum atomic E-state index is 12.9. The second-order valence-corrected chi connectivity index (χ2v) is 12.7. The number of aryl methyl sites for hydroxylation is 1. The Kier molecular flexibility index (Phi) is 7.63. The Morgan fingerprint density at radius 1 is 0.806 bits per heavy atom. The van der Waals surface area contributed by atoms with Crippen molar-refractivity contribution in [3.8, 4) is 0 Å². The topological polar surface area (TPSA) is 113 Å². The molecule has 1 fully saturated rings. The molecule has 0 radical (unpaired) electrons. The number of hydrogen-bond acceptors (Lipinski definition) is 5. The number of rotatable bonds is 7. The van der Waals surface area contributed by atoms with E-state index in [1.54, 1.807) is 12.1 Å². The summed E-state index contributed by atoms with van der Waals surface area (Å²) in [7, 11) is -7.62. The van der Waals surface area contributed by atoms with E-state index in [0.717, 1.165) is 18.4 Å². The van der Waals surface area contributed by atoms with Crippen LogP contribution >= 0.6 is 23.2 Å². The molecule has 0 aliphatic carbocycles. The zero-order valence-electron chi connectivity index (χ0n) is 19.2. The molecule has 8 nitrogen and oxygen atoms in total. The third kappa shape index (κ3) is 5.68. The number of anilines is 2. The summed E-state index contributed by atoms with van der Waals surface area (Å²) in [4.78, 5) is 12.8. The van der Waals surface area contributed by atoms with E-state index in [4.69, 9.17) is 23.2 Å². The lowest BCUT2D eigenvalue weighted by atomic mass is 10.2. The van der Waals surface area contributed by atoms with Crippen LogP contribution in [0.5, 0.6) is 0 Å². The summed E-state index contributed by atoms with van der Waals surface area (Å²) in [5.41, 5.74) is 1.44. The monoisotopic (exact) mass is 567 g/mol. The number of nitrogens with one attached hydrogen (secondary N) is 2. The molecular weight excluding hydrogens is 545 g/mol. The summed E-state index contributed by atoms with van der Waals surface area (Å²) in [6, 6.07) is 14.3. The van der Waals surface area contributed by atoms with Gasteiger partial charge >= 0.3 is 0 Å². The standard InChI is InChI=1S/C24H23Cl2N3O5S2/c1-16-4-5-18(14-23(16)26)28-35(31,32)19-8-6-17(7-9-19)27-24(30)21-15-20(10-11-22(21)25)36(33,34)29-12-2-3-13-29/h4-11,14-15,28H,2-3,12-13H2,1H3,(H,27,30). The van der Waals surface area contributed by atoms with Gasteiger partial charge < -0.3 is 5.32 Å². The first kappa shape index (κ1) is 26.4. The van der Waals surface area contributed by atoms with Gasteiger partial charge in [0.25, 0.3) is 15.9 Å². The lowest BCUT2D eigenvalue weighted by Crippen LogP contribution is -2.28. The number of carbonyl (C=O) groups is 1. The molecule has 1 aliphatic heterocycles. The lowest BCUT2D eigenvalue weighted by Gasteiger charge is -2.16. The van der Waals surface area contributed by atoms with E-state index in [1.807, 2.05) is 6.92 Å². The molecule has 36 heavy (non-hydrogen) atoms. The van der Waals surface area contributed by atoms with E-state index in [1.165, 1.54) is 52.8 Å². The van der Waals surface area contributed by atoms with Gasteiger partial charge in [-0.05, 0) is 79.9 Å². The molecule has 1 aliphatic rings. The molecule has 190 valence electrons. The van der Waals surface area contributed by atoms with Gasteiger partial charge in [-0.1, -0.05) is 29.3 Å². The van der Waals surface area contributed by atoms with Crippen molar-refractivity contribution >= 4 is 60.5 Å². The van der Waals surface area contributed by atoms with Crippen LogP contribution in [-0.2, 0) is 20.0 Å². The number of hydrogen-bond donors (Lipinski definition) is 2. The highest BCUT2D eigenvalue weighted by atomic mass is 35.5. The fourth-order valence-corrected chi connectivity index (χ4v) is 6.68. The van der Waals surface area contributed by atoms with Crippen molar-refractivity contribution in [2.75, 3.05) is 23.1 Å². The van der Waals surface area contributed by atoms with Gasteiger partial charge in [0.2, 0.25) is 10.0 Å². The van der Waals surface area contributed by atoms with Crippen LogP contribution in [-0.4, -0.2) is 40.1 Å². The van der Waals surface area contributed by atoms with Crippen LogP contribution in [0.15, 0.2) is 70.5 Å². The highest BCUT2D eigenvalue weighted by Gasteiger charge is 2.28. The highest BCUT2D eigenvalue weighted by Crippen LogP contribution is 2.27. The molecular formula is C24H23Cl2N3O5S2. The summed E-state index contributed by atoms with van der Waals surface area (Å²) >= 11 is 12.3.